The van der Waals surface area contributed by atoms with Gasteiger partial charge in [-0.1, -0.05) is 0 Å². The maximum atomic E-state index is 5.80. The molecular formula is C10H19NO4. The van der Waals surface area contributed by atoms with E-state index in [4.69, 9.17) is 18.9 Å². The summed E-state index contributed by atoms with van der Waals surface area (Å²) in [7, 11) is 3.51. The van der Waals surface area contributed by atoms with Crippen LogP contribution in [0.2, 0.25) is 0 Å². The van der Waals surface area contributed by atoms with Crippen LogP contribution in [0.15, 0.2) is 0 Å². The van der Waals surface area contributed by atoms with Crippen LogP contribution in [-0.2, 0) is 18.9 Å². The first kappa shape index (κ1) is 11.3. The van der Waals surface area contributed by atoms with Gasteiger partial charge in [0, 0.05) is 13.7 Å². The van der Waals surface area contributed by atoms with E-state index in [-0.39, 0.29) is 24.6 Å². The topological polar surface area (TPSA) is 49.0 Å². The molecular weight excluding hydrogens is 198 g/mol. The van der Waals surface area contributed by atoms with Crippen molar-refractivity contribution in [3.05, 3.63) is 0 Å². The third-order valence-corrected chi connectivity index (χ3v) is 2.74. The molecule has 0 aromatic heterocycles. The van der Waals surface area contributed by atoms with Crippen LogP contribution < -0.4 is 5.32 Å². The van der Waals surface area contributed by atoms with Gasteiger partial charge in [0.2, 0.25) is 0 Å². The molecule has 5 nitrogen and oxygen atoms in total. The van der Waals surface area contributed by atoms with Crippen molar-refractivity contribution >= 4 is 0 Å². The Balaban J connectivity index is 2.08. The Morgan fingerprint density at radius 3 is 2.53 bits per heavy atom. The fourth-order valence-electron chi connectivity index (χ4n) is 2.20. The third kappa shape index (κ3) is 2.03. The summed E-state index contributed by atoms with van der Waals surface area (Å²) < 4.78 is 22.5. The van der Waals surface area contributed by atoms with Crippen molar-refractivity contribution in [2.75, 3.05) is 20.7 Å². The average molecular weight is 217 g/mol. The molecule has 15 heavy (non-hydrogen) atoms. The fraction of sp³-hybridized carbons (Fsp3) is 1.00. The zero-order valence-electron chi connectivity index (χ0n) is 9.65. The number of likely N-dealkylation sites (N-methyl/N-ethyl adjacent to an activating group) is 1. The molecule has 1 N–H and O–H groups in total. The summed E-state index contributed by atoms with van der Waals surface area (Å²) in [6, 6.07) is 0. The van der Waals surface area contributed by atoms with Crippen molar-refractivity contribution in [1.82, 2.24) is 5.32 Å². The van der Waals surface area contributed by atoms with E-state index in [0.717, 1.165) is 6.54 Å². The smallest absolute Gasteiger partial charge is 0.186 e. The zero-order chi connectivity index (χ0) is 11.1. The number of hydrogen-bond donors (Lipinski definition) is 1. The third-order valence-electron chi connectivity index (χ3n) is 2.74. The Kier molecular flexibility index (Phi) is 3.00. The lowest BCUT2D eigenvalue weighted by atomic mass is 10.1. The summed E-state index contributed by atoms with van der Waals surface area (Å²) in [5, 5.41) is 3.08. The molecule has 2 rings (SSSR count). The zero-order valence-corrected chi connectivity index (χ0v) is 9.65. The van der Waals surface area contributed by atoms with Crippen molar-refractivity contribution in [3.8, 4) is 0 Å². The molecule has 0 aromatic carbocycles. The molecule has 2 aliphatic rings. The predicted molar refractivity (Wildman–Crippen MR) is 53.4 cm³/mol. The lowest BCUT2D eigenvalue weighted by molar-refractivity contribution is -0.226. The molecule has 2 saturated heterocycles. The Morgan fingerprint density at radius 2 is 1.93 bits per heavy atom. The van der Waals surface area contributed by atoms with Gasteiger partial charge in [-0.15, -0.1) is 0 Å². The Bertz CT molecular complexity index is 233. The van der Waals surface area contributed by atoms with Crippen molar-refractivity contribution < 1.29 is 18.9 Å². The van der Waals surface area contributed by atoms with Gasteiger partial charge in [-0.25, -0.2) is 0 Å². The number of ether oxygens (including phenoxy) is 4. The fourth-order valence-corrected chi connectivity index (χ4v) is 2.20. The minimum Gasteiger partial charge on any atom is -0.353 e. The van der Waals surface area contributed by atoms with E-state index >= 15 is 0 Å². The highest BCUT2D eigenvalue weighted by Crippen LogP contribution is 2.38. The summed E-state index contributed by atoms with van der Waals surface area (Å²) in [4.78, 5) is 0. The molecule has 0 aliphatic carbocycles. The van der Waals surface area contributed by atoms with Gasteiger partial charge in [0.25, 0.3) is 0 Å². The van der Waals surface area contributed by atoms with Crippen molar-refractivity contribution in [2.24, 2.45) is 0 Å². The van der Waals surface area contributed by atoms with Crippen molar-refractivity contribution in [3.63, 3.8) is 0 Å². The van der Waals surface area contributed by atoms with Gasteiger partial charge in [-0.3, -0.25) is 0 Å². The van der Waals surface area contributed by atoms with E-state index in [9.17, 15) is 0 Å². The van der Waals surface area contributed by atoms with Gasteiger partial charge < -0.3 is 24.3 Å². The minimum absolute atomic E-state index is 0.00766. The quantitative estimate of drug-likeness (QED) is 0.726. The molecule has 2 aliphatic heterocycles. The van der Waals surface area contributed by atoms with E-state index in [1.54, 1.807) is 7.11 Å². The Labute approximate surface area is 90.0 Å². The standard InChI is InChI=1S/C10H19NO4/c1-10(2)14-7-6(5-11-3)13-9(12-4)8(7)15-10/h6-9,11H,5H2,1-4H3/t6-,7-,8-,9+/m1/s1. The maximum Gasteiger partial charge on any atom is 0.186 e. The molecule has 2 heterocycles. The number of methoxy groups -OCH3 is 1. The molecule has 0 amide bonds. The summed E-state index contributed by atoms with van der Waals surface area (Å²) in [5.41, 5.74) is 0. The Hall–Kier alpha value is -0.200. The highest BCUT2D eigenvalue weighted by molar-refractivity contribution is 4.95. The van der Waals surface area contributed by atoms with Gasteiger partial charge in [-0.2, -0.15) is 0 Å². The Morgan fingerprint density at radius 1 is 1.27 bits per heavy atom. The van der Waals surface area contributed by atoms with Crippen LogP contribution in [0.3, 0.4) is 0 Å². The average Bonchev–Trinajstić information content (AvgIpc) is 2.61. The van der Waals surface area contributed by atoms with E-state index < -0.39 is 5.79 Å². The largest absolute Gasteiger partial charge is 0.353 e. The summed E-state index contributed by atoms with van der Waals surface area (Å²) in [6.07, 6.45) is -0.498. The van der Waals surface area contributed by atoms with Crippen LogP contribution in [-0.4, -0.2) is 51.1 Å². The second-order valence-electron chi connectivity index (χ2n) is 4.40. The number of rotatable bonds is 3. The second-order valence-corrected chi connectivity index (χ2v) is 4.40. The van der Waals surface area contributed by atoms with Crippen LogP contribution in [0.25, 0.3) is 0 Å². The van der Waals surface area contributed by atoms with Crippen LogP contribution >= 0.6 is 0 Å². The molecule has 2 fully saturated rings. The van der Waals surface area contributed by atoms with E-state index in [1.807, 2.05) is 20.9 Å². The molecule has 0 bridgehead atoms. The number of nitrogens with one attached hydrogen (secondary N) is 1. The highest BCUT2D eigenvalue weighted by Gasteiger charge is 2.55. The molecule has 0 saturated carbocycles. The molecule has 4 atom stereocenters. The minimum atomic E-state index is -0.540. The summed E-state index contributed by atoms with van der Waals surface area (Å²) in [5.74, 6) is -0.540. The van der Waals surface area contributed by atoms with E-state index in [1.165, 1.54) is 0 Å². The maximum absolute atomic E-state index is 5.80. The summed E-state index contributed by atoms with van der Waals surface area (Å²) >= 11 is 0. The molecule has 5 heteroatoms. The van der Waals surface area contributed by atoms with Gasteiger partial charge in [0.1, 0.15) is 18.3 Å². The van der Waals surface area contributed by atoms with Gasteiger partial charge >= 0.3 is 0 Å². The number of fused-ring (bicyclic) bond motifs is 1. The molecule has 0 unspecified atom stereocenters. The van der Waals surface area contributed by atoms with Crippen LogP contribution in [0.4, 0.5) is 0 Å². The van der Waals surface area contributed by atoms with Crippen LogP contribution in [0.1, 0.15) is 13.8 Å². The number of hydrogen-bond acceptors (Lipinski definition) is 5. The lowest BCUT2D eigenvalue weighted by Gasteiger charge is -2.23. The second kappa shape index (κ2) is 3.99. The SMILES string of the molecule is CNC[C@H]1O[C@H](OC)[C@@H]2OC(C)(C)O[C@@H]21. The monoisotopic (exact) mass is 217 g/mol. The molecule has 0 spiro atoms. The first-order valence-electron chi connectivity index (χ1n) is 5.26. The normalized spacial score (nSPS) is 43.2. The molecule has 0 radical (unpaired) electrons. The highest BCUT2D eigenvalue weighted by atomic mass is 16.8. The lowest BCUT2D eigenvalue weighted by Crippen LogP contribution is -2.36. The first-order valence-corrected chi connectivity index (χ1v) is 5.26. The molecule has 0 aromatic rings. The van der Waals surface area contributed by atoms with E-state index in [2.05, 4.69) is 5.32 Å². The molecule has 88 valence electrons. The van der Waals surface area contributed by atoms with Gasteiger partial charge in [0.15, 0.2) is 12.1 Å². The first-order chi connectivity index (χ1) is 7.07. The van der Waals surface area contributed by atoms with Gasteiger partial charge in [0.05, 0.1) is 0 Å². The van der Waals surface area contributed by atoms with Crippen molar-refractivity contribution in [1.29, 1.82) is 0 Å². The van der Waals surface area contributed by atoms with Gasteiger partial charge in [-0.05, 0) is 20.9 Å². The van der Waals surface area contributed by atoms with E-state index in [0.29, 0.717) is 0 Å². The van der Waals surface area contributed by atoms with Crippen molar-refractivity contribution in [2.45, 2.75) is 44.2 Å². The predicted octanol–water partition coefficient (Wildman–Crippen LogP) is 0.0972. The van der Waals surface area contributed by atoms with Crippen LogP contribution in [0.5, 0.6) is 0 Å². The summed E-state index contributed by atoms with van der Waals surface area (Å²) in [6.45, 7) is 4.56. The van der Waals surface area contributed by atoms with Crippen LogP contribution in [0, 0.1) is 0 Å².